The number of nitrogens with zero attached hydrogens (tertiary/aromatic N) is 3. The fourth-order valence-electron chi connectivity index (χ4n) is 3.13. The van der Waals surface area contributed by atoms with Gasteiger partial charge in [0.05, 0.1) is 12.2 Å². The van der Waals surface area contributed by atoms with Crippen molar-refractivity contribution >= 4 is 23.6 Å². The molecule has 120 valence electrons. The molecule has 1 saturated heterocycles. The van der Waals surface area contributed by atoms with Crippen LogP contribution in [0, 0.1) is 5.92 Å². The number of carbonyl (C=O) groups excluding carboxylic acids is 2. The third-order valence-electron chi connectivity index (χ3n) is 4.40. The highest BCUT2D eigenvalue weighted by atomic mass is 32.2. The highest BCUT2D eigenvalue weighted by Crippen LogP contribution is 2.30. The van der Waals surface area contributed by atoms with E-state index in [1.807, 2.05) is 10.8 Å². The van der Waals surface area contributed by atoms with E-state index in [1.54, 1.807) is 29.2 Å². The van der Waals surface area contributed by atoms with Crippen molar-refractivity contribution < 1.29 is 9.59 Å². The van der Waals surface area contributed by atoms with Crippen molar-refractivity contribution in [2.45, 2.75) is 38.3 Å². The number of carbonyl (C=O) groups is 2. The van der Waals surface area contributed by atoms with Gasteiger partial charge in [-0.15, -0.1) is 11.8 Å². The second-order valence-corrected chi connectivity index (χ2v) is 6.90. The summed E-state index contributed by atoms with van der Waals surface area (Å²) in [6, 6.07) is -0.305. The maximum absolute atomic E-state index is 12.5. The zero-order valence-electron chi connectivity index (χ0n) is 12.6. The van der Waals surface area contributed by atoms with Crippen LogP contribution in [0.25, 0.3) is 0 Å². The van der Waals surface area contributed by atoms with Crippen molar-refractivity contribution in [2.75, 3.05) is 18.2 Å². The van der Waals surface area contributed by atoms with Crippen LogP contribution in [0.2, 0.25) is 0 Å². The molecule has 3 rings (SSSR count). The predicted molar refractivity (Wildman–Crippen MR) is 85.2 cm³/mol. The Kier molecular flexibility index (Phi) is 5.02. The van der Waals surface area contributed by atoms with Gasteiger partial charge in [0.25, 0.3) is 0 Å². The van der Waals surface area contributed by atoms with Gasteiger partial charge in [0.1, 0.15) is 6.04 Å². The maximum Gasteiger partial charge on any atom is 0.243 e. The van der Waals surface area contributed by atoms with Crippen LogP contribution in [0.4, 0.5) is 0 Å². The molecule has 6 nitrogen and oxygen atoms in total. The molecule has 1 aromatic heterocycles. The van der Waals surface area contributed by atoms with Crippen LogP contribution < -0.4 is 5.32 Å². The summed E-state index contributed by atoms with van der Waals surface area (Å²) in [4.78, 5) is 30.7. The lowest BCUT2D eigenvalue weighted by molar-refractivity contribution is -0.141. The maximum atomic E-state index is 12.5. The summed E-state index contributed by atoms with van der Waals surface area (Å²) in [5, 5.41) is 2.94. The number of imidazole rings is 1. The van der Waals surface area contributed by atoms with Gasteiger partial charge in [-0.25, -0.2) is 4.98 Å². The lowest BCUT2D eigenvalue weighted by Gasteiger charge is -2.25. The third-order valence-corrected chi connectivity index (χ3v) is 5.41. The van der Waals surface area contributed by atoms with Crippen LogP contribution in [-0.2, 0) is 16.1 Å². The topological polar surface area (TPSA) is 67.2 Å². The Morgan fingerprint density at radius 2 is 2.14 bits per heavy atom. The molecule has 2 amide bonds. The van der Waals surface area contributed by atoms with Gasteiger partial charge in [0.15, 0.2) is 0 Å². The van der Waals surface area contributed by atoms with Gasteiger partial charge < -0.3 is 14.8 Å². The monoisotopic (exact) mass is 322 g/mol. The molecular formula is C15H22N4O2S. The first kappa shape index (κ1) is 15.4. The minimum Gasteiger partial charge on any atom is -0.352 e. The first-order valence-electron chi connectivity index (χ1n) is 7.87. The van der Waals surface area contributed by atoms with Crippen molar-refractivity contribution in [2.24, 2.45) is 5.92 Å². The minimum atomic E-state index is -0.305. The predicted octanol–water partition coefficient (Wildman–Crippen LogP) is 1.09. The van der Waals surface area contributed by atoms with Crippen LogP contribution in [0.1, 0.15) is 25.7 Å². The number of rotatable bonds is 5. The van der Waals surface area contributed by atoms with Crippen LogP contribution in [0.5, 0.6) is 0 Å². The number of hydrogen-bond acceptors (Lipinski definition) is 4. The van der Waals surface area contributed by atoms with E-state index in [9.17, 15) is 9.59 Å². The van der Waals surface area contributed by atoms with E-state index >= 15 is 0 Å². The number of thioether (sulfide) groups is 1. The van der Waals surface area contributed by atoms with Crippen molar-refractivity contribution in [3.8, 4) is 0 Å². The molecule has 0 aromatic carbocycles. The molecule has 2 fully saturated rings. The van der Waals surface area contributed by atoms with Gasteiger partial charge in [-0.05, 0) is 12.8 Å². The summed E-state index contributed by atoms with van der Waals surface area (Å²) < 4.78 is 1.92. The van der Waals surface area contributed by atoms with E-state index in [4.69, 9.17) is 0 Å². The Balaban J connectivity index is 1.50. The third kappa shape index (κ3) is 3.45. The molecule has 2 heterocycles. The molecule has 22 heavy (non-hydrogen) atoms. The largest absolute Gasteiger partial charge is 0.352 e. The summed E-state index contributed by atoms with van der Waals surface area (Å²) in [7, 11) is 0. The number of aromatic nitrogens is 2. The summed E-state index contributed by atoms with van der Waals surface area (Å²) in [6.07, 6.45) is 9.56. The summed E-state index contributed by atoms with van der Waals surface area (Å²) in [5.74, 6) is 1.64. The Bertz CT molecular complexity index is 514. The van der Waals surface area contributed by atoms with Gasteiger partial charge >= 0.3 is 0 Å². The lowest BCUT2D eigenvalue weighted by atomic mass is 10.1. The van der Waals surface area contributed by atoms with E-state index in [-0.39, 0.29) is 23.8 Å². The number of nitrogens with one attached hydrogen (secondary N) is 1. The first-order chi connectivity index (χ1) is 10.8. The van der Waals surface area contributed by atoms with E-state index in [2.05, 4.69) is 10.3 Å². The molecule has 1 aliphatic heterocycles. The molecule has 1 aliphatic carbocycles. The lowest BCUT2D eigenvalue weighted by Crippen LogP contribution is -2.49. The summed E-state index contributed by atoms with van der Waals surface area (Å²) in [6.45, 7) is 1.25. The van der Waals surface area contributed by atoms with Crippen LogP contribution in [0.3, 0.4) is 0 Å². The standard InChI is InChI=1S/C15H22N4O2S/c20-14(17-6-8-18-7-5-16-10-18)13-9-22-11-19(13)15(21)12-3-1-2-4-12/h5,7,10,12-13H,1-4,6,8-9,11H2,(H,17,20)/t13-/m1/s1. The van der Waals surface area contributed by atoms with Gasteiger partial charge in [0, 0.05) is 37.2 Å². The van der Waals surface area contributed by atoms with E-state index < -0.39 is 0 Å². The van der Waals surface area contributed by atoms with E-state index in [0.717, 1.165) is 25.7 Å². The zero-order chi connectivity index (χ0) is 15.4. The molecule has 0 spiro atoms. The fraction of sp³-hybridized carbons (Fsp3) is 0.667. The highest BCUT2D eigenvalue weighted by Gasteiger charge is 2.38. The van der Waals surface area contributed by atoms with Crippen LogP contribution in [-0.4, -0.2) is 50.5 Å². The number of amides is 2. The second-order valence-electron chi connectivity index (χ2n) is 5.90. The SMILES string of the molecule is O=C(NCCn1ccnc1)[C@H]1CSCN1C(=O)C1CCCC1. The zero-order valence-corrected chi connectivity index (χ0v) is 13.4. The van der Waals surface area contributed by atoms with Crippen LogP contribution >= 0.6 is 11.8 Å². The molecule has 1 saturated carbocycles. The molecule has 0 bridgehead atoms. The van der Waals surface area contributed by atoms with Crippen molar-refractivity contribution in [1.82, 2.24) is 19.8 Å². The Morgan fingerprint density at radius 1 is 1.32 bits per heavy atom. The fourth-order valence-corrected chi connectivity index (χ4v) is 4.29. The quantitative estimate of drug-likeness (QED) is 0.881. The van der Waals surface area contributed by atoms with Gasteiger partial charge in [0.2, 0.25) is 11.8 Å². The normalized spacial score (nSPS) is 22.2. The molecule has 7 heteroatoms. The molecule has 1 N–H and O–H groups in total. The molecule has 1 atom stereocenters. The molecular weight excluding hydrogens is 300 g/mol. The van der Waals surface area contributed by atoms with Crippen LogP contribution in [0.15, 0.2) is 18.7 Å². The van der Waals surface area contributed by atoms with E-state index in [1.165, 1.54) is 0 Å². The summed E-state index contributed by atoms with van der Waals surface area (Å²) >= 11 is 1.67. The van der Waals surface area contributed by atoms with Gasteiger partial charge in [-0.3, -0.25) is 9.59 Å². The Hall–Kier alpha value is -1.50. The Labute approximate surface area is 134 Å². The molecule has 0 radical (unpaired) electrons. The minimum absolute atomic E-state index is 0.0311. The van der Waals surface area contributed by atoms with Crippen molar-refractivity contribution in [3.05, 3.63) is 18.7 Å². The summed E-state index contributed by atoms with van der Waals surface area (Å²) in [5.41, 5.74) is 0. The smallest absolute Gasteiger partial charge is 0.243 e. The van der Waals surface area contributed by atoms with E-state index in [0.29, 0.717) is 24.7 Å². The highest BCUT2D eigenvalue weighted by molar-refractivity contribution is 7.99. The average molecular weight is 322 g/mol. The second kappa shape index (κ2) is 7.17. The number of hydrogen-bond donors (Lipinski definition) is 1. The molecule has 1 aromatic rings. The first-order valence-corrected chi connectivity index (χ1v) is 9.03. The van der Waals surface area contributed by atoms with Crippen molar-refractivity contribution in [1.29, 1.82) is 0 Å². The van der Waals surface area contributed by atoms with Crippen molar-refractivity contribution in [3.63, 3.8) is 0 Å². The average Bonchev–Trinajstić information content (AvgIpc) is 3.26. The molecule has 2 aliphatic rings. The Morgan fingerprint density at radius 3 is 2.86 bits per heavy atom. The molecule has 0 unspecified atom stereocenters. The van der Waals surface area contributed by atoms with Gasteiger partial charge in [-0.1, -0.05) is 12.8 Å². The van der Waals surface area contributed by atoms with Gasteiger partial charge in [-0.2, -0.15) is 0 Å².